The molecule has 2 aromatic carbocycles. The van der Waals surface area contributed by atoms with Gasteiger partial charge in [-0.15, -0.1) is 23.1 Å². The molecule has 1 aromatic heterocycles. The predicted octanol–water partition coefficient (Wildman–Crippen LogP) is 6.73. The summed E-state index contributed by atoms with van der Waals surface area (Å²) in [6.07, 6.45) is 1.05. The smallest absolute Gasteiger partial charge is 0.144 e. The van der Waals surface area contributed by atoms with Crippen LogP contribution in [0.1, 0.15) is 28.6 Å². The lowest BCUT2D eigenvalue weighted by molar-refractivity contribution is 0.271. The third kappa shape index (κ3) is 5.18. The first-order chi connectivity index (χ1) is 13.5. The molecule has 0 saturated carbocycles. The van der Waals surface area contributed by atoms with Crippen molar-refractivity contribution < 1.29 is 9.84 Å². The van der Waals surface area contributed by atoms with Crippen molar-refractivity contribution in [3.05, 3.63) is 76.5 Å². The van der Waals surface area contributed by atoms with Crippen molar-refractivity contribution in [3.8, 4) is 16.3 Å². The number of aromatic nitrogens is 1. The van der Waals surface area contributed by atoms with Crippen LogP contribution in [0.15, 0.2) is 59.7 Å². The molecule has 3 nitrogen and oxygen atoms in total. The fraction of sp³-hybridized carbons (Fsp3) is 0.261. The Morgan fingerprint density at radius 1 is 1.18 bits per heavy atom. The van der Waals surface area contributed by atoms with E-state index in [9.17, 15) is 5.11 Å². The van der Waals surface area contributed by atoms with Gasteiger partial charge in [0.25, 0.3) is 0 Å². The Morgan fingerprint density at radius 2 is 1.93 bits per heavy atom. The van der Waals surface area contributed by atoms with Crippen molar-refractivity contribution in [1.82, 2.24) is 4.98 Å². The van der Waals surface area contributed by atoms with E-state index >= 15 is 0 Å². The van der Waals surface area contributed by atoms with E-state index < -0.39 is 0 Å². The first kappa shape index (κ1) is 20.5. The monoisotopic (exact) mass is 411 g/mol. The van der Waals surface area contributed by atoms with Crippen LogP contribution in [0.25, 0.3) is 10.6 Å². The second-order valence-corrected chi connectivity index (χ2v) is 8.78. The standard InChI is InChI=1S/C23H25NO2S2/c1-5-18-6-8-19(9-7-18)23-24-17(4)22(28-23)14-27-20-10-11-21(15(2)12-20)26-13-16(3)25/h6-12,25H,3,5,13-14H2,1-2,4H3. The molecule has 0 amide bonds. The summed E-state index contributed by atoms with van der Waals surface area (Å²) in [4.78, 5) is 7.26. The molecule has 5 heteroatoms. The van der Waals surface area contributed by atoms with Gasteiger partial charge in [0, 0.05) is 21.1 Å². The van der Waals surface area contributed by atoms with Crippen molar-refractivity contribution in [1.29, 1.82) is 0 Å². The Balaban J connectivity index is 1.66. The molecule has 0 bridgehead atoms. The highest BCUT2D eigenvalue weighted by molar-refractivity contribution is 7.98. The number of thioether (sulfide) groups is 1. The van der Waals surface area contributed by atoms with E-state index in [1.54, 1.807) is 23.1 Å². The molecule has 1 N–H and O–H groups in total. The summed E-state index contributed by atoms with van der Waals surface area (Å²) in [7, 11) is 0. The number of benzene rings is 2. The SMILES string of the molecule is C=C(O)COc1ccc(SCc2sc(-c3ccc(CC)cc3)nc2C)cc1C. The molecule has 0 aliphatic carbocycles. The molecule has 0 fully saturated rings. The van der Waals surface area contributed by atoms with Gasteiger partial charge in [0.15, 0.2) is 0 Å². The lowest BCUT2D eigenvalue weighted by atomic mass is 10.1. The number of hydrogen-bond donors (Lipinski definition) is 1. The maximum Gasteiger partial charge on any atom is 0.144 e. The number of aryl methyl sites for hydroxylation is 3. The maximum atomic E-state index is 9.18. The van der Waals surface area contributed by atoms with Crippen LogP contribution in [0.2, 0.25) is 0 Å². The zero-order chi connectivity index (χ0) is 20.1. The van der Waals surface area contributed by atoms with Gasteiger partial charge < -0.3 is 9.84 Å². The minimum absolute atomic E-state index is 0.0265. The van der Waals surface area contributed by atoms with Gasteiger partial charge in [0.05, 0.1) is 5.69 Å². The average Bonchev–Trinajstić information content (AvgIpc) is 3.06. The first-order valence-corrected chi connectivity index (χ1v) is 11.0. The first-order valence-electron chi connectivity index (χ1n) is 9.25. The van der Waals surface area contributed by atoms with E-state index in [0.717, 1.165) is 34.2 Å². The van der Waals surface area contributed by atoms with Gasteiger partial charge in [0.2, 0.25) is 0 Å². The van der Waals surface area contributed by atoms with Crippen LogP contribution in [-0.2, 0) is 12.2 Å². The summed E-state index contributed by atoms with van der Waals surface area (Å²) in [5, 5.41) is 10.3. The zero-order valence-electron chi connectivity index (χ0n) is 16.5. The van der Waals surface area contributed by atoms with Crippen molar-refractivity contribution in [2.24, 2.45) is 0 Å². The second kappa shape index (κ2) is 9.30. The molecule has 0 aliphatic rings. The summed E-state index contributed by atoms with van der Waals surface area (Å²) in [5.41, 5.74) is 4.68. The summed E-state index contributed by atoms with van der Waals surface area (Å²) in [6, 6.07) is 14.8. The largest absolute Gasteiger partial charge is 0.509 e. The van der Waals surface area contributed by atoms with Gasteiger partial charge >= 0.3 is 0 Å². The molecular formula is C23H25NO2S2. The number of aliphatic hydroxyl groups is 1. The van der Waals surface area contributed by atoms with E-state index in [-0.39, 0.29) is 12.4 Å². The fourth-order valence-corrected chi connectivity index (χ4v) is 4.96. The van der Waals surface area contributed by atoms with Crippen LogP contribution in [0.5, 0.6) is 5.75 Å². The normalized spacial score (nSPS) is 10.8. The Morgan fingerprint density at radius 3 is 2.57 bits per heavy atom. The summed E-state index contributed by atoms with van der Waals surface area (Å²) in [5.74, 6) is 1.69. The number of nitrogens with zero attached hydrogens (tertiary/aromatic N) is 1. The highest BCUT2D eigenvalue weighted by Gasteiger charge is 2.11. The fourth-order valence-electron chi connectivity index (χ4n) is 2.75. The minimum Gasteiger partial charge on any atom is -0.509 e. The number of hydrogen-bond acceptors (Lipinski definition) is 5. The molecule has 0 aliphatic heterocycles. The van der Waals surface area contributed by atoms with E-state index in [1.807, 2.05) is 19.1 Å². The van der Waals surface area contributed by atoms with Gasteiger partial charge in [-0.2, -0.15) is 0 Å². The third-order valence-electron chi connectivity index (χ3n) is 4.41. The molecule has 1 heterocycles. The van der Waals surface area contributed by atoms with Crippen LogP contribution in [-0.4, -0.2) is 16.7 Å². The molecule has 0 spiro atoms. The molecule has 0 atom stereocenters. The highest BCUT2D eigenvalue weighted by Crippen LogP contribution is 2.34. The van der Waals surface area contributed by atoms with Crippen molar-refractivity contribution in [3.63, 3.8) is 0 Å². The zero-order valence-corrected chi connectivity index (χ0v) is 18.1. The minimum atomic E-state index is 0.0265. The number of rotatable bonds is 8. The molecule has 146 valence electrons. The summed E-state index contributed by atoms with van der Waals surface area (Å²) in [6.45, 7) is 9.82. The van der Waals surface area contributed by atoms with E-state index in [1.165, 1.54) is 20.9 Å². The Kier molecular flexibility index (Phi) is 6.81. The van der Waals surface area contributed by atoms with Gasteiger partial charge in [0.1, 0.15) is 23.1 Å². The van der Waals surface area contributed by atoms with Crippen molar-refractivity contribution >= 4 is 23.1 Å². The quantitative estimate of drug-likeness (QED) is 0.329. The van der Waals surface area contributed by atoms with Crippen LogP contribution < -0.4 is 4.74 Å². The van der Waals surface area contributed by atoms with E-state index in [4.69, 9.17) is 9.72 Å². The highest BCUT2D eigenvalue weighted by atomic mass is 32.2. The lowest BCUT2D eigenvalue weighted by Gasteiger charge is -2.10. The van der Waals surface area contributed by atoms with Crippen LogP contribution >= 0.6 is 23.1 Å². The summed E-state index contributed by atoms with van der Waals surface area (Å²) < 4.78 is 5.54. The molecule has 0 saturated heterocycles. The van der Waals surface area contributed by atoms with Crippen molar-refractivity contribution in [2.45, 2.75) is 37.8 Å². The maximum absolute atomic E-state index is 9.18. The van der Waals surface area contributed by atoms with Gasteiger partial charge in [-0.3, -0.25) is 0 Å². The van der Waals surface area contributed by atoms with Gasteiger partial charge in [-0.1, -0.05) is 37.8 Å². The molecular weight excluding hydrogens is 386 g/mol. The predicted molar refractivity (Wildman–Crippen MR) is 120 cm³/mol. The number of ether oxygens (including phenoxy) is 1. The van der Waals surface area contributed by atoms with E-state index in [2.05, 4.69) is 50.8 Å². The lowest BCUT2D eigenvalue weighted by Crippen LogP contribution is -2.00. The van der Waals surface area contributed by atoms with Gasteiger partial charge in [-0.05, 0) is 49.6 Å². The Labute approximate surface area is 175 Å². The molecule has 3 aromatic rings. The molecule has 28 heavy (non-hydrogen) atoms. The topological polar surface area (TPSA) is 42.4 Å². The summed E-state index contributed by atoms with van der Waals surface area (Å²) >= 11 is 3.57. The van der Waals surface area contributed by atoms with Crippen molar-refractivity contribution in [2.75, 3.05) is 6.61 Å². The second-order valence-electron chi connectivity index (χ2n) is 6.65. The molecule has 3 rings (SSSR count). The third-order valence-corrected chi connectivity index (χ3v) is 6.82. The average molecular weight is 412 g/mol. The van der Waals surface area contributed by atoms with Crippen LogP contribution in [0.3, 0.4) is 0 Å². The van der Waals surface area contributed by atoms with E-state index in [0.29, 0.717) is 0 Å². The van der Waals surface area contributed by atoms with Gasteiger partial charge in [-0.25, -0.2) is 4.98 Å². The molecule has 0 radical (unpaired) electrons. The molecule has 0 unspecified atom stereocenters. The number of thiazole rings is 1. The van der Waals surface area contributed by atoms with Crippen LogP contribution in [0, 0.1) is 13.8 Å². The Bertz CT molecular complexity index is 961. The van der Waals surface area contributed by atoms with Crippen LogP contribution in [0.4, 0.5) is 0 Å². The number of aliphatic hydroxyl groups excluding tert-OH is 1. The Hall–Kier alpha value is -2.24.